The molecule has 0 radical (unpaired) electrons. The molecule has 0 spiro atoms. The average Bonchev–Trinajstić information content (AvgIpc) is 2.35. The van der Waals surface area contributed by atoms with Crippen LogP contribution < -0.4 is 0 Å². The van der Waals surface area contributed by atoms with Crippen molar-refractivity contribution >= 4 is 0 Å². The van der Waals surface area contributed by atoms with E-state index in [0.29, 0.717) is 0 Å². The zero-order valence-corrected chi connectivity index (χ0v) is 12.9. The predicted octanol–water partition coefficient (Wildman–Crippen LogP) is 5.69. The summed E-state index contributed by atoms with van der Waals surface area (Å²) in [5.74, 6) is 5.08. The topological polar surface area (TPSA) is 0 Å². The zero-order chi connectivity index (χ0) is 13.3. The summed E-state index contributed by atoms with van der Waals surface area (Å²) in [7, 11) is 0. The summed E-state index contributed by atoms with van der Waals surface area (Å²) in [5.41, 5.74) is 1.62. The predicted molar refractivity (Wildman–Crippen MR) is 80.5 cm³/mol. The minimum absolute atomic E-state index is 0.791. The van der Waals surface area contributed by atoms with Crippen LogP contribution in [0.1, 0.15) is 66.2 Å². The standard InChI is InChI=1S/C18H32/c1-12-10-11-14(3)18(15(12)4)16(5)17-9-7-6-8-13(17)2/h12-15,17-18H,5-11H2,1-4H3. The van der Waals surface area contributed by atoms with Crippen molar-refractivity contribution in [2.24, 2.45) is 35.5 Å². The van der Waals surface area contributed by atoms with E-state index in [1.807, 2.05) is 0 Å². The van der Waals surface area contributed by atoms with Crippen molar-refractivity contribution < 1.29 is 0 Å². The van der Waals surface area contributed by atoms with E-state index in [9.17, 15) is 0 Å². The Morgan fingerprint density at radius 3 is 2.06 bits per heavy atom. The molecule has 0 aromatic rings. The molecule has 0 amide bonds. The first-order valence-corrected chi connectivity index (χ1v) is 8.21. The second-order valence-corrected chi connectivity index (χ2v) is 7.36. The molecule has 6 atom stereocenters. The molecule has 0 nitrogen and oxygen atoms in total. The summed E-state index contributed by atoms with van der Waals surface area (Å²) in [6.07, 6.45) is 8.54. The van der Waals surface area contributed by atoms with Gasteiger partial charge in [-0.2, -0.15) is 0 Å². The molecule has 104 valence electrons. The minimum Gasteiger partial charge on any atom is -0.0993 e. The maximum absolute atomic E-state index is 4.59. The van der Waals surface area contributed by atoms with E-state index >= 15 is 0 Å². The van der Waals surface area contributed by atoms with Crippen molar-refractivity contribution in [3.8, 4) is 0 Å². The number of hydrogen-bond acceptors (Lipinski definition) is 0. The van der Waals surface area contributed by atoms with Gasteiger partial charge in [0.1, 0.15) is 0 Å². The lowest BCUT2D eigenvalue weighted by molar-refractivity contribution is 0.128. The Morgan fingerprint density at radius 2 is 1.39 bits per heavy atom. The van der Waals surface area contributed by atoms with Crippen LogP contribution in [0.5, 0.6) is 0 Å². The Morgan fingerprint density at radius 1 is 0.778 bits per heavy atom. The first-order chi connectivity index (χ1) is 8.52. The van der Waals surface area contributed by atoms with Gasteiger partial charge in [0, 0.05) is 0 Å². The highest BCUT2D eigenvalue weighted by atomic mass is 14.4. The highest BCUT2D eigenvalue weighted by Crippen LogP contribution is 2.47. The molecule has 0 N–H and O–H groups in total. The van der Waals surface area contributed by atoms with Crippen LogP contribution in [0.4, 0.5) is 0 Å². The highest BCUT2D eigenvalue weighted by Gasteiger charge is 2.37. The molecule has 0 heteroatoms. The van der Waals surface area contributed by atoms with Gasteiger partial charge in [-0.15, -0.1) is 0 Å². The largest absolute Gasteiger partial charge is 0.0993 e. The molecule has 2 aliphatic carbocycles. The molecule has 2 fully saturated rings. The van der Waals surface area contributed by atoms with Crippen LogP contribution in [-0.4, -0.2) is 0 Å². The fourth-order valence-electron chi connectivity index (χ4n) is 4.66. The van der Waals surface area contributed by atoms with Crippen LogP contribution in [0.15, 0.2) is 12.2 Å². The summed E-state index contributed by atoms with van der Waals surface area (Å²) in [6, 6.07) is 0. The van der Waals surface area contributed by atoms with E-state index < -0.39 is 0 Å². The first kappa shape index (κ1) is 14.2. The van der Waals surface area contributed by atoms with E-state index in [-0.39, 0.29) is 0 Å². The van der Waals surface area contributed by atoms with Crippen LogP contribution in [0, 0.1) is 35.5 Å². The highest BCUT2D eigenvalue weighted by molar-refractivity contribution is 5.12. The van der Waals surface area contributed by atoms with Gasteiger partial charge in [0.05, 0.1) is 0 Å². The molecule has 2 rings (SSSR count). The van der Waals surface area contributed by atoms with Gasteiger partial charge in [-0.1, -0.05) is 65.5 Å². The summed E-state index contributed by atoms with van der Waals surface area (Å²) in [5, 5.41) is 0. The molecule has 0 aliphatic heterocycles. The Labute approximate surface area is 114 Å². The van der Waals surface area contributed by atoms with Crippen molar-refractivity contribution in [1.82, 2.24) is 0 Å². The third kappa shape index (κ3) is 2.68. The summed E-state index contributed by atoms with van der Waals surface area (Å²) in [6.45, 7) is 14.4. The lowest BCUT2D eigenvalue weighted by Crippen LogP contribution is -2.35. The fraction of sp³-hybridized carbons (Fsp3) is 0.889. The summed E-state index contributed by atoms with van der Waals surface area (Å²) >= 11 is 0. The number of hydrogen-bond donors (Lipinski definition) is 0. The van der Waals surface area contributed by atoms with E-state index in [4.69, 9.17) is 0 Å². The van der Waals surface area contributed by atoms with Crippen molar-refractivity contribution in [1.29, 1.82) is 0 Å². The van der Waals surface area contributed by atoms with E-state index in [1.165, 1.54) is 38.5 Å². The maximum Gasteiger partial charge on any atom is -0.0149 e. The van der Waals surface area contributed by atoms with Crippen LogP contribution >= 0.6 is 0 Å². The monoisotopic (exact) mass is 248 g/mol. The molecule has 2 aliphatic rings. The van der Waals surface area contributed by atoms with Gasteiger partial charge in [-0.05, 0) is 48.3 Å². The molecule has 18 heavy (non-hydrogen) atoms. The second-order valence-electron chi connectivity index (χ2n) is 7.36. The lowest BCUT2D eigenvalue weighted by atomic mass is 9.61. The van der Waals surface area contributed by atoms with Crippen LogP contribution in [0.3, 0.4) is 0 Å². The van der Waals surface area contributed by atoms with Crippen molar-refractivity contribution in [3.05, 3.63) is 12.2 Å². The molecule has 6 unspecified atom stereocenters. The van der Waals surface area contributed by atoms with Gasteiger partial charge in [-0.3, -0.25) is 0 Å². The molecule has 0 aromatic carbocycles. The molecular formula is C18H32. The zero-order valence-electron chi connectivity index (χ0n) is 12.9. The normalized spacial score (nSPS) is 45.8. The molecule has 0 bridgehead atoms. The summed E-state index contributed by atoms with van der Waals surface area (Å²) in [4.78, 5) is 0. The summed E-state index contributed by atoms with van der Waals surface area (Å²) < 4.78 is 0. The quantitative estimate of drug-likeness (QED) is 0.551. The van der Waals surface area contributed by atoms with Gasteiger partial charge >= 0.3 is 0 Å². The van der Waals surface area contributed by atoms with E-state index in [2.05, 4.69) is 34.3 Å². The Kier molecular flexibility index (Phi) is 4.56. The minimum atomic E-state index is 0.791. The smallest absolute Gasteiger partial charge is 0.0149 e. The SMILES string of the molecule is C=C(C1CCCCC1C)C1C(C)CCC(C)C1C. The first-order valence-electron chi connectivity index (χ1n) is 8.21. The maximum atomic E-state index is 4.59. The third-order valence-electron chi connectivity index (χ3n) is 6.17. The van der Waals surface area contributed by atoms with Crippen molar-refractivity contribution in [2.75, 3.05) is 0 Å². The second kappa shape index (κ2) is 5.80. The Hall–Kier alpha value is -0.260. The molecular weight excluding hydrogens is 216 g/mol. The average molecular weight is 248 g/mol. The fourth-order valence-corrected chi connectivity index (χ4v) is 4.66. The Bertz CT molecular complexity index is 290. The molecule has 0 aromatic heterocycles. The van der Waals surface area contributed by atoms with Gasteiger partial charge in [-0.25, -0.2) is 0 Å². The van der Waals surface area contributed by atoms with E-state index in [0.717, 1.165) is 35.5 Å². The van der Waals surface area contributed by atoms with Gasteiger partial charge in [0.15, 0.2) is 0 Å². The molecule has 0 heterocycles. The third-order valence-corrected chi connectivity index (χ3v) is 6.17. The van der Waals surface area contributed by atoms with E-state index in [1.54, 1.807) is 5.57 Å². The lowest BCUT2D eigenvalue weighted by Gasteiger charge is -2.44. The van der Waals surface area contributed by atoms with Gasteiger partial charge < -0.3 is 0 Å². The van der Waals surface area contributed by atoms with Gasteiger partial charge in [0.2, 0.25) is 0 Å². The van der Waals surface area contributed by atoms with Crippen LogP contribution in [-0.2, 0) is 0 Å². The Balaban J connectivity index is 2.10. The number of allylic oxidation sites excluding steroid dienone is 1. The van der Waals surface area contributed by atoms with Crippen LogP contribution in [0.25, 0.3) is 0 Å². The molecule has 2 saturated carbocycles. The van der Waals surface area contributed by atoms with Crippen LogP contribution in [0.2, 0.25) is 0 Å². The van der Waals surface area contributed by atoms with Crippen molar-refractivity contribution in [3.63, 3.8) is 0 Å². The van der Waals surface area contributed by atoms with Crippen molar-refractivity contribution in [2.45, 2.75) is 66.2 Å². The molecule has 0 saturated heterocycles. The van der Waals surface area contributed by atoms with Gasteiger partial charge in [0.25, 0.3) is 0 Å². The number of rotatable bonds is 2.